The third-order valence-corrected chi connectivity index (χ3v) is 7.77. The van der Waals surface area contributed by atoms with Crippen molar-refractivity contribution in [1.82, 2.24) is 0 Å². The third kappa shape index (κ3) is 7.49. The van der Waals surface area contributed by atoms with Crippen LogP contribution in [0, 0.1) is 5.92 Å². The van der Waals surface area contributed by atoms with Gasteiger partial charge in [-0.3, -0.25) is 0 Å². The molecule has 3 rings (SSSR count). The second-order valence-electron chi connectivity index (χ2n) is 10.8. The largest absolute Gasteiger partial charge is 0.477 e. The Morgan fingerprint density at radius 3 is 2.05 bits per heavy atom. The minimum atomic E-state index is -2.98. The van der Waals surface area contributed by atoms with Gasteiger partial charge in [-0.1, -0.05) is 0 Å². The van der Waals surface area contributed by atoms with Crippen LogP contribution in [0.2, 0.25) is 0 Å². The molecule has 3 fully saturated rings. The summed E-state index contributed by atoms with van der Waals surface area (Å²) in [6.07, 6.45) is -27.8. The van der Waals surface area contributed by atoms with E-state index in [9.17, 15) is 70.9 Å². The average molecular weight is 633 g/mol. The molecule has 0 saturated carbocycles. The van der Waals surface area contributed by atoms with Crippen LogP contribution in [0.3, 0.4) is 0 Å². The van der Waals surface area contributed by atoms with E-state index < -0.39 is 142 Å². The molecule has 0 aromatic rings. The van der Waals surface area contributed by atoms with E-state index in [1.54, 1.807) is 0 Å². The maximum absolute atomic E-state index is 12.6. The van der Waals surface area contributed by atoms with Gasteiger partial charge >= 0.3 is 5.97 Å². The Kier molecular flexibility index (Phi) is 12.3. The van der Waals surface area contributed by atoms with E-state index in [1.807, 2.05) is 0 Å². The lowest BCUT2D eigenvalue weighted by Crippen LogP contribution is -2.68. The van der Waals surface area contributed by atoms with Gasteiger partial charge in [-0.2, -0.15) is 0 Å². The topological polar surface area (TPSA) is 323 Å². The van der Waals surface area contributed by atoms with Crippen LogP contribution in [-0.2, 0) is 33.3 Å². The fourth-order valence-corrected chi connectivity index (χ4v) is 5.41. The van der Waals surface area contributed by atoms with Gasteiger partial charge in [0.15, 0.2) is 12.6 Å². The number of rotatable bonds is 12. The molecule has 0 amide bonds. The van der Waals surface area contributed by atoms with Crippen molar-refractivity contribution in [2.75, 3.05) is 19.8 Å². The predicted molar refractivity (Wildman–Crippen MR) is 131 cm³/mol. The summed E-state index contributed by atoms with van der Waals surface area (Å²) in [6.45, 7) is -1.69. The highest BCUT2D eigenvalue weighted by molar-refractivity contribution is 5.77. The first-order chi connectivity index (χ1) is 20.1. The van der Waals surface area contributed by atoms with Crippen molar-refractivity contribution in [1.29, 1.82) is 0 Å². The first kappa shape index (κ1) is 36.0. The van der Waals surface area contributed by atoms with Crippen LogP contribution in [0.25, 0.3) is 0 Å². The highest BCUT2D eigenvalue weighted by Crippen LogP contribution is 2.41. The molecule has 43 heavy (non-hydrogen) atoms. The molecule has 0 radical (unpaired) electrons. The van der Waals surface area contributed by atoms with E-state index >= 15 is 0 Å². The molecule has 3 heterocycles. The monoisotopic (exact) mass is 632 g/mol. The SMILES string of the molecule is CC(=O)CC1C(O)CC(OC2C(O)C(CO)OC(OC3C(CO)OC(O)C(O)C3O)C2O)(C(=O)O)OC1[C@H](O)C(O)CO. The summed E-state index contributed by atoms with van der Waals surface area (Å²) >= 11 is 0. The van der Waals surface area contributed by atoms with Gasteiger partial charge in [0.2, 0.25) is 0 Å². The minimum absolute atomic E-state index is 0.444. The fourth-order valence-electron chi connectivity index (χ4n) is 5.41. The lowest BCUT2D eigenvalue weighted by Gasteiger charge is -2.50. The van der Waals surface area contributed by atoms with Gasteiger partial charge in [0.1, 0.15) is 66.8 Å². The summed E-state index contributed by atoms with van der Waals surface area (Å²) in [4.78, 5) is 24.4. The molecule has 19 nitrogen and oxygen atoms in total. The van der Waals surface area contributed by atoms with Crippen molar-refractivity contribution < 1.29 is 94.6 Å². The third-order valence-electron chi connectivity index (χ3n) is 7.77. The van der Waals surface area contributed by atoms with Crippen LogP contribution >= 0.6 is 0 Å². The number of carbonyl (C=O) groups is 2. The Balaban J connectivity index is 1.94. The molecular weight excluding hydrogens is 592 g/mol. The van der Waals surface area contributed by atoms with Gasteiger partial charge in [0.05, 0.1) is 32.0 Å². The Bertz CT molecular complexity index is 936. The number of hydrogen-bond donors (Lipinski definition) is 12. The van der Waals surface area contributed by atoms with Crippen LogP contribution in [-0.4, -0.2) is 184 Å². The highest BCUT2D eigenvalue weighted by atomic mass is 16.8. The van der Waals surface area contributed by atoms with Gasteiger partial charge in [-0.05, 0) is 6.92 Å². The van der Waals surface area contributed by atoms with E-state index in [-0.39, 0.29) is 0 Å². The molecule has 0 aliphatic carbocycles. The summed E-state index contributed by atoms with van der Waals surface area (Å²) in [7, 11) is 0. The molecule has 0 spiro atoms. The van der Waals surface area contributed by atoms with E-state index in [0.29, 0.717) is 0 Å². The van der Waals surface area contributed by atoms with Crippen molar-refractivity contribution in [2.24, 2.45) is 5.92 Å². The molecule has 250 valence electrons. The fraction of sp³-hybridized carbons (Fsp3) is 0.917. The number of carboxylic acid groups (broad SMARTS) is 1. The standard InChI is InChI=1S/C24H40O19/c1-7(28)2-8-9(29)3-24(23(37)38,42-18(8)13(31)10(30)4-25)43-20-14(32)11(5-26)40-22(17(20)35)41-19-12(6-27)39-21(36)16(34)15(19)33/h8-22,25-27,29-36H,2-6H2,1H3,(H,37,38)/t8?,9?,10?,11?,12?,13-,14?,15?,16?,17?,18?,19?,20?,21?,22?,24?/m1/s1. The first-order valence-corrected chi connectivity index (χ1v) is 13.4. The van der Waals surface area contributed by atoms with Gasteiger partial charge in [0.25, 0.3) is 5.79 Å². The zero-order chi connectivity index (χ0) is 32.4. The molecule has 3 aliphatic rings. The quantitative estimate of drug-likeness (QED) is 0.0950. The number of aliphatic hydroxyl groups excluding tert-OH is 11. The Hall–Kier alpha value is -1.50. The second kappa shape index (κ2) is 14.7. The van der Waals surface area contributed by atoms with Gasteiger partial charge in [-0.25, -0.2) is 4.79 Å². The number of aliphatic carboxylic acids is 1. The molecule has 16 atom stereocenters. The normalized spacial score (nSPS) is 45.3. The Labute approximate surface area is 244 Å². The van der Waals surface area contributed by atoms with Crippen LogP contribution in [0.4, 0.5) is 0 Å². The summed E-state index contributed by atoms with van der Waals surface area (Å²) in [6, 6.07) is 0. The zero-order valence-electron chi connectivity index (χ0n) is 22.9. The maximum Gasteiger partial charge on any atom is 0.364 e. The number of ketones is 1. The number of ether oxygens (including phenoxy) is 5. The number of hydrogen-bond acceptors (Lipinski definition) is 18. The molecule has 3 saturated heterocycles. The molecule has 15 unspecified atom stereocenters. The van der Waals surface area contributed by atoms with Crippen molar-refractivity contribution in [3.05, 3.63) is 0 Å². The molecule has 12 N–H and O–H groups in total. The summed E-state index contributed by atoms with van der Waals surface area (Å²) < 4.78 is 27.0. The van der Waals surface area contributed by atoms with Crippen LogP contribution in [0.5, 0.6) is 0 Å². The van der Waals surface area contributed by atoms with Crippen molar-refractivity contribution >= 4 is 11.8 Å². The van der Waals surface area contributed by atoms with Gasteiger partial charge < -0.3 is 89.8 Å². The second-order valence-corrected chi connectivity index (χ2v) is 10.8. The first-order valence-electron chi connectivity index (χ1n) is 13.4. The van der Waals surface area contributed by atoms with Crippen molar-refractivity contribution in [3.8, 4) is 0 Å². The van der Waals surface area contributed by atoms with Crippen LogP contribution in [0.1, 0.15) is 19.8 Å². The highest BCUT2D eigenvalue weighted by Gasteiger charge is 2.59. The van der Waals surface area contributed by atoms with Gasteiger partial charge in [0, 0.05) is 18.8 Å². The van der Waals surface area contributed by atoms with E-state index in [2.05, 4.69) is 0 Å². The van der Waals surface area contributed by atoms with Crippen molar-refractivity contribution in [2.45, 2.75) is 111 Å². The van der Waals surface area contributed by atoms with Crippen LogP contribution in [0.15, 0.2) is 0 Å². The molecular formula is C24H40O19. The number of Topliss-reactive ketones (excluding diaryl/α,β-unsaturated/α-hetero) is 1. The number of carbonyl (C=O) groups excluding carboxylic acids is 1. The van der Waals surface area contributed by atoms with E-state index in [0.717, 1.165) is 6.92 Å². The molecule has 0 aromatic heterocycles. The van der Waals surface area contributed by atoms with E-state index in [1.165, 1.54) is 0 Å². The van der Waals surface area contributed by atoms with Crippen molar-refractivity contribution in [3.63, 3.8) is 0 Å². The number of carboxylic acids is 1. The zero-order valence-corrected chi connectivity index (χ0v) is 22.9. The maximum atomic E-state index is 12.6. The lowest BCUT2D eigenvalue weighted by atomic mass is 9.80. The summed E-state index contributed by atoms with van der Waals surface area (Å²) in [5.41, 5.74) is 0. The summed E-state index contributed by atoms with van der Waals surface area (Å²) in [5.74, 6) is -6.72. The summed E-state index contributed by atoms with van der Waals surface area (Å²) in [5, 5.41) is 122. The lowest BCUT2D eigenvalue weighted by molar-refractivity contribution is -0.387. The smallest absolute Gasteiger partial charge is 0.364 e. The molecule has 0 bridgehead atoms. The molecule has 3 aliphatic heterocycles. The van der Waals surface area contributed by atoms with Crippen LogP contribution < -0.4 is 0 Å². The average Bonchev–Trinajstić information content (AvgIpc) is 2.96. The number of aliphatic hydroxyl groups is 11. The Morgan fingerprint density at radius 1 is 0.884 bits per heavy atom. The molecule has 0 aromatic carbocycles. The van der Waals surface area contributed by atoms with Gasteiger partial charge in [-0.15, -0.1) is 0 Å². The molecule has 19 heteroatoms. The Morgan fingerprint density at radius 2 is 1.51 bits per heavy atom. The van der Waals surface area contributed by atoms with E-state index in [4.69, 9.17) is 23.7 Å². The minimum Gasteiger partial charge on any atom is -0.477 e. The predicted octanol–water partition coefficient (Wildman–Crippen LogP) is -7.13.